The van der Waals surface area contributed by atoms with Crippen molar-refractivity contribution >= 4 is 28.2 Å². The number of nitrogens with zero attached hydrogens (tertiary/aromatic N) is 2. The lowest BCUT2D eigenvalue weighted by Crippen LogP contribution is -2.51. The number of fused-ring (bicyclic) bond motifs is 1. The average molecular weight is 475 g/mol. The van der Waals surface area contributed by atoms with Gasteiger partial charge in [-0.25, -0.2) is 13.6 Å². The summed E-state index contributed by atoms with van der Waals surface area (Å²) in [6.45, 7) is 1.27. The van der Waals surface area contributed by atoms with Crippen LogP contribution in [0.15, 0.2) is 29.2 Å². The van der Waals surface area contributed by atoms with Crippen molar-refractivity contribution < 1.29 is 33.3 Å². The van der Waals surface area contributed by atoms with Crippen LogP contribution in [0, 0.1) is 11.6 Å². The molecule has 3 aromatic rings. The number of pyridine rings is 1. The lowest BCUT2D eigenvalue weighted by molar-refractivity contribution is 0.0524. The van der Waals surface area contributed by atoms with E-state index in [0.29, 0.717) is 0 Å². The molecule has 0 radical (unpaired) electrons. The highest BCUT2D eigenvalue weighted by molar-refractivity contribution is 5.98. The molecule has 1 aliphatic rings. The predicted molar refractivity (Wildman–Crippen MR) is 121 cm³/mol. The van der Waals surface area contributed by atoms with Crippen LogP contribution >= 0.6 is 0 Å². The molecule has 0 saturated carbocycles. The van der Waals surface area contributed by atoms with Crippen LogP contribution in [0.4, 0.5) is 20.2 Å². The number of aromatic nitrogens is 1. The van der Waals surface area contributed by atoms with E-state index in [2.05, 4.69) is 0 Å². The first-order valence-corrected chi connectivity index (χ1v) is 10.5. The molecule has 0 atom stereocenters. The van der Waals surface area contributed by atoms with Gasteiger partial charge in [0.15, 0.2) is 11.6 Å². The van der Waals surface area contributed by atoms with Crippen molar-refractivity contribution in [1.82, 2.24) is 4.57 Å². The highest BCUT2D eigenvalue weighted by atomic mass is 19.1. The Morgan fingerprint density at radius 3 is 2.53 bits per heavy atom. The number of aliphatic hydroxyl groups is 2. The molecule has 1 fully saturated rings. The summed E-state index contributed by atoms with van der Waals surface area (Å²) < 4.78 is 41.2. The molecular formula is C23H23F2N3O6. The van der Waals surface area contributed by atoms with E-state index in [-0.39, 0.29) is 59.0 Å². The molecule has 0 aliphatic carbocycles. The zero-order valence-corrected chi connectivity index (χ0v) is 18.5. The summed E-state index contributed by atoms with van der Waals surface area (Å²) in [6, 6.07) is 3.24. The fraction of sp³-hybridized carbons (Fsp3) is 0.304. The fourth-order valence-corrected chi connectivity index (χ4v) is 4.06. The second-order valence-electron chi connectivity index (χ2n) is 7.82. The van der Waals surface area contributed by atoms with Crippen molar-refractivity contribution in [2.45, 2.75) is 19.6 Å². The number of esters is 1. The van der Waals surface area contributed by atoms with Gasteiger partial charge in [-0.15, -0.1) is 0 Å². The van der Waals surface area contributed by atoms with E-state index in [9.17, 15) is 24.2 Å². The Balaban J connectivity index is 2.16. The quantitative estimate of drug-likeness (QED) is 0.363. The first-order valence-electron chi connectivity index (χ1n) is 10.5. The highest BCUT2D eigenvalue weighted by Crippen LogP contribution is 2.41. The summed E-state index contributed by atoms with van der Waals surface area (Å²) in [5.74, 6) is -2.53. The zero-order chi connectivity index (χ0) is 24.7. The van der Waals surface area contributed by atoms with E-state index in [4.69, 9.17) is 15.2 Å². The number of nitrogens with two attached hydrogens (primary N) is 1. The predicted octanol–water partition coefficient (Wildman–Crippen LogP) is 1.71. The third-order valence-electron chi connectivity index (χ3n) is 5.68. The molecular weight excluding hydrogens is 452 g/mol. The number of anilines is 2. The molecule has 1 aliphatic heterocycles. The van der Waals surface area contributed by atoms with E-state index in [1.54, 1.807) is 11.8 Å². The second kappa shape index (κ2) is 8.92. The van der Waals surface area contributed by atoms with Gasteiger partial charge >= 0.3 is 5.97 Å². The number of rotatable bonds is 6. The van der Waals surface area contributed by atoms with Gasteiger partial charge in [-0.3, -0.25) is 4.79 Å². The fourth-order valence-electron chi connectivity index (χ4n) is 4.06. The Morgan fingerprint density at radius 1 is 1.24 bits per heavy atom. The molecule has 4 rings (SSSR count). The largest absolute Gasteiger partial charge is 0.492 e. The van der Waals surface area contributed by atoms with Gasteiger partial charge in [-0.05, 0) is 25.1 Å². The number of hydrogen-bond acceptors (Lipinski definition) is 8. The van der Waals surface area contributed by atoms with Gasteiger partial charge < -0.3 is 34.9 Å². The number of nitrogen functional groups attached to an aromatic ring is 1. The molecule has 11 heteroatoms. The van der Waals surface area contributed by atoms with E-state index in [0.717, 1.165) is 12.1 Å². The lowest BCUT2D eigenvalue weighted by Gasteiger charge is -2.39. The van der Waals surface area contributed by atoms with Crippen LogP contribution in [-0.4, -0.2) is 53.7 Å². The molecule has 1 saturated heterocycles. The molecule has 0 bridgehead atoms. The van der Waals surface area contributed by atoms with Crippen LogP contribution in [0.3, 0.4) is 0 Å². The average Bonchev–Trinajstić information content (AvgIpc) is 2.78. The van der Waals surface area contributed by atoms with Crippen molar-refractivity contribution in [2.24, 2.45) is 0 Å². The third-order valence-corrected chi connectivity index (χ3v) is 5.68. The number of carbonyl (C=O) groups is 1. The van der Waals surface area contributed by atoms with E-state index in [1.165, 1.54) is 23.9 Å². The number of aliphatic hydroxyl groups excluding tert-OH is 2. The summed E-state index contributed by atoms with van der Waals surface area (Å²) in [5.41, 5.74) is 4.66. The van der Waals surface area contributed by atoms with Crippen molar-refractivity contribution in [3.8, 4) is 11.4 Å². The van der Waals surface area contributed by atoms with Gasteiger partial charge in [0.2, 0.25) is 5.43 Å². The third kappa shape index (κ3) is 3.72. The minimum absolute atomic E-state index is 0.00436. The van der Waals surface area contributed by atoms with Crippen LogP contribution in [0.1, 0.15) is 22.8 Å². The van der Waals surface area contributed by atoms with E-state index in [1.807, 2.05) is 0 Å². The minimum atomic E-state index is -0.932. The Bertz CT molecular complexity index is 1350. The van der Waals surface area contributed by atoms with Crippen LogP contribution in [-0.2, 0) is 11.3 Å². The molecule has 9 nitrogen and oxygen atoms in total. The van der Waals surface area contributed by atoms with Gasteiger partial charge in [-0.1, -0.05) is 0 Å². The number of ether oxygens (including phenoxy) is 2. The summed E-state index contributed by atoms with van der Waals surface area (Å²) >= 11 is 0. The molecule has 34 heavy (non-hydrogen) atoms. The molecule has 4 N–H and O–H groups in total. The number of carbonyl (C=O) groups excluding carboxylic acids is 1. The first kappa shape index (κ1) is 23.5. The molecule has 2 aromatic carbocycles. The van der Waals surface area contributed by atoms with Crippen LogP contribution in [0.25, 0.3) is 16.6 Å². The minimum Gasteiger partial charge on any atom is -0.492 e. The monoisotopic (exact) mass is 475 g/mol. The van der Waals surface area contributed by atoms with Gasteiger partial charge in [0.25, 0.3) is 0 Å². The van der Waals surface area contributed by atoms with E-state index < -0.39 is 41.3 Å². The first-order chi connectivity index (χ1) is 16.2. The second-order valence-corrected chi connectivity index (χ2v) is 7.82. The smallest absolute Gasteiger partial charge is 0.343 e. The van der Waals surface area contributed by atoms with Crippen LogP contribution in [0.2, 0.25) is 0 Å². The summed E-state index contributed by atoms with van der Waals surface area (Å²) in [7, 11) is 1.29. The number of benzene rings is 2. The maximum Gasteiger partial charge on any atom is 0.343 e. The molecule has 1 aromatic heterocycles. The van der Waals surface area contributed by atoms with Crippen molar-refractivity contribution in [1.29, 1.82) is 0 Å². The van der Waals surface area contributed by atoms with E-state index >= 15 is 4.39 Å². The summed E-state index contributed by atoms with van der Waals surface area (Å²) in [4.78, 5) is 27.3. The summed E-state index contributed by atoms with van der Waals surface area (Å²) in [5, 5.41) is 19.4. The standard InChI is InChI=1S/C23H23F2N3O6/c1-3-34-23(32)14-9-28(18-6-17(26)15(24)4-11(18)10-29)19-13(21(14)31)5-16(25)20(22(19)33-2)27-7-12(30)8-27/h4-6,9,12,29-30H,3,7-8,10,26H2,1-2H3. The van der Waals surface area contributed by atoms with Crippen molar-refractivity contribution in [3.05, 3.63) is 57.4 Å². The number of halogens is 2. The molecule has 0 spiro atoms. The zero-order valence-electron chi connectivity index (χ0n) is 18.5. The van der Waals surface area contributed by atoms with Crippen molar-refractivity contribution in [3.63, 3.8) is 0 Å². The SMILES string of the molecule is CCOC(=O)c1cn(-c2cc(N)c(F)cc2CO)c2c(OC)c(N3CC(O)C3)c(F)cc2c1=O. The Hall–Kier alpha value is -3.70. The molecule has 0 amide bonds. The van der Waals surface area contributed by atoms with Gasteiger partial charge in [-0.2, -0.15) is 0 Å². The van der Waals surface area contributed by atoms with Gasteiger partial charge in [0, 0.05) is 24.8 Å². The normalized spacial score (nSPS) is 13.8. The molecule has 180 valence electrons. The molecule has 0 unspecified atom stereocenters. The number of β-amino-alcohol motifs (C(OH)–C–C–N with tert-alkyl or cyclic N) is 1. The van der Waals surface area contributed by atoms with Crippen LogP contribution in [0.5, 0.6) is 5.75 Å². The Kier molecular flexibility index (Phi) is 6.15. The Labute approximate surface area is 192 Å². The maximum atomic E-state index is 15.2. The molecule has 2 heterocycles. The lowest BCUT2D eigenvalue weighted by atomic mass is 10.0. The van der Waals surface area contributed by atoms with Gasteiger partial charge in [0.05, 0.1) is 43.2 Å². The highest BCUT2D eigenvalue weighted by Gasteiger charge is 2.32. The Morgan fingerprint density at radius 2 is 1.94 bits per heavy atom. The van der Waals surface area contributed by atoms with Gasteiger partial charge in [0.1, 0.15) is 22.6 Å². The van der Waals surface area contributed by atoms with Crippen molar-refractivity contribution in [2.75, 3.05) is 37.4 Å². The van der Waals surface area contributed by atoms with Crippen LogP contribution < -0.4 is 20.8 Å². The summed E-state index contributed by atoms with van der Waals surface area (Å²) in [6.07, 6.45) is 0.523. The number of methoxy groups -OCH3 is 1. The maximum absolute atomic E-state index is 15.2. The number of hydrogen-bond donors (Lipinski definition) is 3. The topological polar surface area (TPSA) is 127 Å².